The summed E-state index contributed by atoms with van der Waals surface area (Å²) in [5, 5.41) is 11.6. The van der Waals surface area contributed by atoms with Crippen LogP contribution in [0, 0.1) is 10.1 Å². The number of anilines is 1. The SMILES string of the molecule is C=C(C(=O)OC)C(C/C(=C1\C(=O)N(C(=O)OC(C)(C)C)c2ccccc21)c1ccccc1)c1cccc([N+](=O)[O-])c1. The van der Waals surface area contributed by atoms with E-state index >= 15 is 0 Å². The van der Waals surface area contributed by atoms with Gasteiger partial charge in [0.05, 0.1) is 23.3 Å². The van der Waals surface area contributed by atoms with Crippen LogP contribution in [0.15, 0.2) is 91.0 Å². The number of benzene rings is 3. The number of methoxy groups -OCH3 is 1. The topological polar surface area (TPSA) is 116 Å². The molecular weight excluding hydrogens is 524 g/mol. The predicted octanol–water partition coefficient (Wildman–Crippen LogP) is 6.69. The van der Waals surface area contributed by atoms with Gasteiger partial charge in [-0.3, -0.25) is 14.9 Å². The molecule has 9 nitrogen and oxygen atoms in total. The van der Waals surface area contributed by atoms with Gasteiger partial charge >= 0.3 is 12.1 Å². The summed E-state index contributed by atoms with van der Waals surface area (Å²) in [6, 6.07) is 21.9. The summed E-state index contributed by atoms with van der Waals surface area (Å²) >= 11 is 0. The maximum absolute atomic E-state index is 14.1. The van der Waals surface area contributed by atoms with Crippen LogP contribution in [0.25, 0.3) is 11.1 Å². The first kappa shape index (κ1) is 28.9. The van der Waals surface area contributed by atoms with E-state index < -0.39 is 34.4 Å². The summed E-state index contributed by atoms with van der Waals surface area (Å²) < 4.78 is 10.5. The zero-order chi connectivity index (χ0) is 29.9. The number of nitro benzene ring substituents is 1. The van der Waals surface area contributed by atoms with E-state index in [2.05, 4.69) is 6.58 Å². The van der Waals surface area contributed by atoms with E-state index in [1.165, 1.54) is 25.3 Å². The number of ether oxygens (including phenoxy) is 2. The van der Waals surface area contributed by atoms with Crippen molar-refractivity contribution in [3.63, 3.8) is 0 Å². The number of non-ortho nitro benzene ring substituents is 1. The quantitative estimate of drug-likeness (QED) is 0.138. The van der Waals surface area contributed by atoms with Crippen LogP contribution >= 0.6 is 0 Å². The van der Waals surface area contributed by atoms with Gasteiger partial charge in [0.25, 0.3) is 11.6 Å². The minimum Gasteiger partial charge on any atom is -0.466 e. The number of hydrogen-bond acceptors (Lipinski definition) is 7. The van der Waals surface area contributed by atoms with Gasteiger partial charge in [0, 0.05) is 29.2 Å². The molecule has 210 valence electrons. The van der Waals surface area contributed by atoms with Crippen LogP contribution in [0.4, 0.5) is 16.2 Å². The fourth-order valence-corrected chi connectivity index (χ4v) is 4.78. The van der Waals surface area contributed by atoms with Crippen LogP contribution in [0.2, 0.25) is 0 Å². The molecule has 0 spiro atoms. The van der Waals surface area contributed by atoms with Gasteiger partial charge in [0.15, 0.2) is 0 Å². The fraction of sp³-hybridized carbons (Fsp3) is 0.219. The largest absolute Gasteiger partial charge is 0.466 e. The fourth-order valence-electron chi connectivity index (χ4n) is 4.78. The molecule has 0 fully saturated rings. The lowest BCUT2D eigenvalue weighted by atomic mass is 9.81. The molecule has 0 aromatic heterocycles. The number of nitro groups is 1. The first-order valence-electron chi connectivity index (χ1n) is 12.9. The molecule has 0 bridgehead atoms. The van der Waals surface area contributed by atoms with E-state index in [0.29, 0.717) is 28.0 Å². The van der Waals surface area contributed by atoms with Crippen molar-refractivity contribution in [3.8, 4) is 0 Å². The predicted molar refractivity (Wildman–Crippen MR) is 155 cm³/mol. The van der Waals surface area contributed by atoms with E-state index in [9.17, 15) is 24.5 Å². The summed E-state index contributed by atoms with van der Waals surface area (Å²) in [7, 11) is 1.23. The highest BCUT2D eigenvalue weighted by atomic mass is 16.6. The number of amides is 2. The molecule has 41 heavy (non-hydrogen) atoms. The van der Waals surface area contributed by atoms with Gasteiger partial charge in [-0.25, -0.2) is 14.5 Å². The number of hydrogen-bond donors (Lipinski definition) is 0. The standard InChI is InChI=1S/C32H30N2O7/c1-20(30(36)40-5)25(22-14-11-15-23(18-22)34(38)39)19-26(21-12-7-6-8-13-21)28-24-16-9-10-17-27(24)33(29(28)35)31(37)41-32(2,3)4/h6-18,25H,1,19H2,2-5H3/b28-26+. The Kier molecular flexibility index (Phi) is 8.18. The monoisotopic (exact) mass is 554 g/mol. The van der Waals surface area contributed by atoms with Crippen molar-refractivity contribution < 1.29 is 28.8 Å². The van der Waals surface area contributed by atoms with Crippen molar-refractivity contribution in [3.05, 3.63) is 118 Å². The molecule has 3 aromatic rings. The van der Waals surface area contributed by atoms with Gasteiger partial charge in [-0.05, 0) is 50.0 Å². The van der Waals surface area contributed by atoms with E-state index in [0.717, 1.165) is 4.90 Å². The van der Waals surface area contributed by atoms with Crippen LogP contribution in [0.1, 0.15) is 49.8 Å². The molecule has 0 radical (unpaired) electrons. The molecular formula is C32H30N2O7. The second-order valence-corrected chi connectivity index (χ2v) is 10.5. The Balaban J connectivity index is 1.95. The second kappa shape index (κ2) is 11.6. The second-order valence-electron chi connectivity index (χ2n) is 10.5. The molecule has 0 aliphatic carbocycles. The summed E-state index contributed by atoms with van der Waals surface area (Å²) in [5.74, 6) is -2.06. The number of carbonyl (C=O) groups is 3. The molecule has 2 amide bonds. The van der Waals surface area contributed by atoms with Crippen molar-refractivity contribution in [2.75, 3.05) is 12.0 Å². The molecule has 3 aromatic carbocycles. The molecule has 1 aliphatic rings. The lowest BCUT2D eigenvalue weighted by molar-refractivity contribution is -0.384. The van der Waals surface area contributed by atoms with Gasteiger partial charge < -0.3 is 9.47 Å². The highest BCUT2D eigenvalue weighted by Crippen LogP contribution is 2.45. The number of nitrogens with zero attached hydrogens (tertiary/aromatic N) is 2. The van der Waals surface area contributed by atoms with Crippen LogP contribution in [0.3, 0.4) is 0 Å². The van der Waals surface area contributed by atoms with Crippen LogP contribution < -0.4 is 4.90 Å². The average molecular weight is 555 g/mol. The van der Waals surface area contributed by atoms with Crippen molar-refractivity contribution in [2.24, 2.45) is 0 Å². The summed E-state index contributed by atoms with van der Waals surface area (Å²) in [5.41, 5.74) is 1.85. The number of carbonyl (C=O) groups excluding carboxylic acids is 3. The molecule has 0 saturated heterocycles. The third kappa shape index (κ3) is 6.09. The number of rotatable bonds is 7. The van der Waals surface area contributed by atoms with Gasteiger partial charge in [-0.2, -0.15) is 0 Å². The third-order valence-electron chi connectivity index (χ3n) is 6.59. The number of imide groups is 1. The first-order chi connectivity index (χ1) is 19.4. The van der Waals surface area contributed by atoms with Crippen LogP contribution in [-0.2, 0) is 19.1 Å². The van der Waals surface area contributed by atoms with Crippen molar-refractivity contribution >= 4 is 40.5 Å². The Morgan fingerprint density at radius 1 is 1.00 bits per heavy atom. The highest BCUT2D eigenvalue weighted by Gasteiger charge is 2.41. The molecule has 1 atom stereocenters. The lowest BCUT2D eigenvalue weighted by Crippen LogP contribution is -2.38. The molecule has 0 N–H and O–H groups in total. The lowest BCUT2D eigenvalue weighted by Gasteiger charge is -2.24. The van der Waals surface area contributed by atoms with Crippen molar-refractivity contribution in [1.29, 1.82) is 0 Å². The normalized spacial score (nSPS) is 14.6. The van der Waals surface area contributed by atoms with E-state index in [1.807, 2.05) is 30.3 Å². The highest BCUT2D eigenvalue weighted by molar-refractivity contribution is 6.43. The summed E-state index contributed by atoms with van der Waals surface area (Å²) in [6.45, 7) is 9.10. The maximum Gasteiger partial charge on any atom is 0.422 e. The van der Waals surface area contributed by atoms with Crippen molar-refractivity contribution in [2.45, 2.75) is 38.7 Å². The molecule has 9 heteroatoms. The zero-order valence-electron chi connectivity index (χ0n) is 23.2. The summed E-state index contributed by atoms with van der Waals surface area (Å²) in [4.78, 5) is 52.1. The Morgan fingerprint density at radius 3 is 2.29 bits per heavy atom. The molecule has 1 unspecified atom stereocenters. The molecule has 1 aliphatic heterocycles. The van der Waals surface area contributed by atoms with Gasteiger partial charge in [0.1, 0.15) is 5.60 Å². The minimum absolute atomic E-state index is 0.0523. The van der Waals surface area contributed by atoms with Crippen LogP contribution in [0.5, 0.6) is 0 Å². The smallest absolute Gasteiger partial charge is 0.422 e. The minimum atomic E-state index is -0.841. The molecule has 4 rings (SSSR count). The number of para-hydroxylation sites is 1. The third-order valence-corrected chi connectivity index (χ3v) is 6.59. The summed E-state index contributed by atoms with van der Waals surface area (Å²) in [6.07, 6.45) is -0.761. The number of esters is 1. The Hall–Kier alpha value is -5.05. The van der Waals surface area contributed by atoms with Gasteiger partial charge in [-0.15, -0.1) is 0 Å². The zero-order valence-corrected chi connectivity index (χ0v) is 23.2. The van der Waals surface area contributed by atoms with E-state index in [4.69, 9.17) is 9.47 Å². The Bertz CT molecular complexity index is 1570. The molecule has 0 saturated carbocycles. The average Bonchev–Trinajstić information content (AvgIpc) is 3.24. The van der Waals surface area contributed by atoms with Gasteiger partial charge in [0.2, 0.25) is 0 Å². The van der Waals surface area contributed by atoms with E-state index in [1.54, 1.807) is 51.1 Å². The van der Waals surface area contributed by atoms with Gasteiger partial charge in [-0.1, -0.05) is 67.2 Å². The maximum atomic E-state index is 14.1. The first-order valence-corrected chi connectivity index (χ1v) is 12.9. The molecule has 1 heterocycles. The Labute approximate surface area is 237 Å². The number of fused-ring (bicyclic) bond motifs is 1. The number of allylic oxidation sites excluding steroid dienone is 1. The van der Waals surface area contributed by atoms with E-state index in [-0.39, 0.29) is 23.3 Å². The Morgan fingerprint density at radius 2 is 1.66 bits per heavy atom. The van der Waals surface area contributed by atoms with Crippen LogP contribution in [-0.4, -0.2) is 35.6 Å². The van der Waals surface area contributed by atoms with Crippen molar-refractivity contribution in [1.82, 2.24) is 0 Å².